The van der Waals surface area contributed by atoms with Crippen molar-refractivity contribution in [2.75, 3.05) is 7.05 Å². The lowest BCUT2D eigenvalue weighted by Crippen LogP contribution is -2.37. The molecule has 7 heteroatoms. The van der Waals surface area contributed by atoms with Gasteiger partial charge < -0.3 is 14.2 Å². The number of nitrogens with zero attached hydrogens (tertiary/aromatic N) is 3. The van der Waals surface area contributed by atoms with Crippen molar-refractivity contribution < 1.29 is 14.1 Å². The van der Waals surface area contributed by atoms with Gasteiger partial charge in [0.15, 0.2) is 6.10 Å². The van der Waals surface area contributed by atoms with E-state index in [9.17, 15) is 4.79 Å². The second-order valence-corrected chi connectivity index (χ2v) is 8.59. The Balaban J connectivity index is 1.67. The SMILES string of the molecule is Cc1ccc(C(C)C)c(O[C@@H](C)C(=O)N(C)Cc2nc(-c3cccc(Br)c3)no2)c1. The first kappa shape index (κ1) is 22.0. The van der Waals surface area contributed by atoms with Gasteiger partial charge in [0.05, 0.1) is 6.54 Å². The molecule has 0 aliphatic rings. The molecule has 158 valence electrons. The Labute approximate surface area is 185 Å². The first-order valence-electron chi connectivity index (χ1n) is 9.85. The van der Waals surface area contributed by atoms with Crippen LogP contribution in [0.4, 0.5) is 0 Å². The summed E-state index contributed by atoms with van der Waals surface area (Å²) in [5, 5.41) is 4.02. The van der Waals surface area contributed by atoms with Crippen molar-refractivity contribution in [1.82, 2.24) is 15.0 Å². The summed E-state index contributed by atoms with van der Waals surface area (Å²) in [6.07, 6.45) is -0.637. The minimum Gasteiger partial charge on any atom is -0.481 e. The number of amides is 1. The number of aryl methyl sites for hydroxylation is 1. The van der Waals surface area contributed by atoms with Crippen LogP contribution in [0.1, 0.15) is 43.7 Å². The smallest absolute Gasteiger partial charge is 0.263 e. The third kappa shape index (κ3) is 5.27. The molecule has 1 aromatic heterocycles. The van der Waals surface area contributed by atoms with E-state index < -0.39 is 6.10 Å². The van der Waals surface area contributed by atoms with Gasteiger partial charge in [-0.05, 0) is 49.1 Å². The van der Waals surface area contributed by atoms with Crippen molar-refractivity contribution in [2.24, 2.45) is 0 Å². The van der Waals surface area contributed by atoms with Gasteiger partial charge in [-0.2, -0.15) is 4.98 Å². The molecule has 0 saturated heterocycles. The molecule has 3 aromatic rings. The van der Waals surface area contributed by atoms with Crippen LogP contribution in [0.3, 0.4) is 0 Å². The molecule has 0 fully saturated rings. The Morgan fingerprint density at radius 3 is 2.67 bits per heavy atom. The molecular weight excluding hydrogens is 446 g/mol. The summed E-state index contributed by atoms with van der Waals surface area (Å²) in [4.78, 5) is 18.8. The highest BCUT2D eigenvalue weighted by Gasteiger charge is 2.23. The average molecular weight is 472 g/mol. The molecule has 0 bridgehead atoms. The Morgan fingerprint density at radius 1 is 1.20 bits per heavy atom. The van der Waals surface area contributed by atoms with Crippen LogP contribution in [0.5, 0.6) is 5.75 Å². The molecule has 0 unspecified atom stereocenters. The lowest BCUT2D eigenvalue weighted by Gasteiger charge is -2.23. The van der Waals surface area contributed by atoms with E-state index in [-0.39, 0.29) is 12.5 Å². The van der Waals surface area contributed by atoms with E-state index >= 15 is 0 Å². The van der Waals surface area contributed by atoms with Crippen molar-refractivity contribution in [3.8, 4) is 17.1 Å². The van der Waals surface area contributed by atoms with E-state index in [1.54, 1.807) is 14.0 Å². The zero-order valence-corrected chi connectivity index (χ0v) is 19.4. The normalized spacial score (nSPS) is 12.1. The fraction of sp³-hybridized carbons (Fsp3) is 0.348. The minimum absolute atomic E-state index is 0.159. The molecular formula is C23H26BrN3O3. The molecule has 2 aromatic carbocycles. The minimum atomic E-state index is -0.637. The summed E-state index contributed by atoms with van der Waals surface area (Å²) in [5.41, 5.74) is 3.01. The third-order valence-corrected chi connectivity index (χ3v) is 5.24. The highest BCUT2D eigenvalue weighted by Crippen LogP contribution is 2.28. The molecule has 0 saturated carbocycles. The third-order valence-electron chi connectivity index (χ3n) is 4.74. The van der Waals surface area contributed by atoms with Gasteiger partial charge >= 0.3 is 0 Å². The maximum atomic E-state index is 12.8. The molecule has 0 aliphatic carbocycles. The molecule has 3 rings (SSSR count). The second-order valence-electron chi connectivity index (χ2n) is 7.67. The molecule has 0 radical (unpaired) electrons. The Hall–Kier alpha value is -2.67. The quantitative estimate of drug-likeness (QED) is 0.463. The summed E-state index contributed by atoms with van der Waals surface area (Å²) >= 11 is 3.43. The van der Waals surface area contributed by atoms with E-state index in [0.29, 0.717) is 17.6 Å². The van der Waals surface area contributed by atoms with E-state index in [4.69, 9.17) is 9.26 Å². The molecule has 0 N–H and O–H groups in total. The summed E-state index contributed by atoms with van der Waals surface area (Å²) in [7, 11) is 1.70. The van der Waals surface area contributed by atoms with E-state index in [0.717, 1.165) is 26.9 Å². The summed E-state index contributed by atoms with van der Waals surface area (Å²) < 4.78 is 12.3. The second kappa shape index (κ2) is 9.43. The zero-order valence-electron chi connectivity index (χ0n) is 17.8. The van der Waals surface area contributed by atoms with Crippen molar-refractivity contribution in [3.63, 3.8) is 0 Å². The van der Waals surface area contributed by atoms with Gasteiger partial charge in [-0.1, -0.05) is 59.2 Å². The maximum absolute atomic E-state index is 12.8. The summed E-state index contributed by atoms with van der Waals surface area (Å²) in [5.74, 6) is 1.74. The Morgan fingerprint density at radius 2 is 1.97 bits per heavy atom. The van der Waals surface area contributed by atoms with Gasteiger partial charge in [-0.3, -0.25) is 4.79 Å². The zero-order chi connectivity index (χ0) is 21.8. The van der Waals surface area contributed by atoms with Gasteiger partial charge in [0.1, 0.15) is 5.75 Å². The number of likely N-dealkylation sites (N-methyl/N-ethyl adjacent to an activating group) is 1. The standard InChI is InChI=1S/C23H26BrN3O3/c1-14(2)19-10-9-15(3)11-20(19)29-16(4)23(28)27(5)13-21-25-22(26-30-21)17-7-6-8-18(24)12-17/h6-12,14,16H,13H2,1-5H3/t16-/m0/s1. The van der Waals surface area contributed by atoms with E-state index in [2.05, 4.69) is 52.1 Å². The van der Waals surface area contributed by atoms with E-state index in [1.807, 2.05) is 37.3 Å². The van der Waals surface area contributed by atoms with Crippen LogP contribution in [0.25, 0.3) is 11.4 Å². The molecule has 0 aliphatic heterocycles. The molecule has 1 atom stereocenters. The van der Waals surface area contributed by atoms with Crippen LogP contribution in [-0.4, -0.2) is 34.1 Å². The first-order chi connectivity index (χ1) is 14.2. The number of carbonyl (C=O) groups is 1. The van der Waals surface area contributed by atoms with Crippen LogP contribution >= 0.6 is 15.9 Å². The van der Waals surface area contributed by atoms with E-state index in [1.165, 1.54) is 4.90 Å². The molecule has 1 amide bonds. The number of hydrogen-bond donors (Lipinski definition) is 0. The predicted molar refractivity (Wildman–Crippen MR) is 119 cm³/mol. The van der Waals surface area contributed by atoms with Crippen molar-refractivity contribution >= 4 is 21.8 Å². The average Bonchev–Trinajstić information content (AvgIpc) is 3.15. The van der Waals surface area contributed by atoms with Crippen LogP contribution in [0.15, 0.2) is 51.5 Å². The highest BCUT2D eigenvalue weighted by atomic mass is 79.9. The van der Waals surface area contributed by atoms with Crippen LogP contribution in [-0.2, 0) is 11.3 Å². The fourth-order valence-corrected chi connectivity index (χ4v) is 3.52. The largest absolute Gasteiger partial charge is 0.481 e. The van der Waals surface area contributed by atoms with Gasteiger partial charge in [0.25, 0.3) is 5.91 Å². The number of benzene rings is 2. The number of hydrogen-bond acceptors (Lipinski definition) is 5. The molecule has 30 heavy (non-hydrogen) atoms. The van der Waals surface area contributed by atoms with Crippen LogP contribution in [0.2, 0.25) is 0 Å². The van der Waals surface area contributed by atoms with Crippen LogP contribution < -0.4 is 4.74 Å². The number of ether oxygens (including phenoxy) is 1. The lowest BCUT2D eigenvalue weighted by molar-refractivity contribution is -0.137. The first-order valence-corrected chi connectivity index (χ1v) is 10.6. The molecule has 6 nitrogen and oxygen atoms in total. The van der Waals surface area contributed by atoms with Crippen molar-refractivity contribution in [2.45, 2.75) is 46.3 Å². The molecule has 1 heterocycles. The Kier molecular flexibility index (Phi) is 6.92. The topological polar surface area (TPSA) is 68.5 Å². The predicted octanol–water partition coefficient (Wildman–Crippen LogP) is 5.36. The number of halogens is 1. The van der Waals surface area contributed by atoms with Gasteiger partial charge in [0, 0.05) is 17.1 Å². The Bertz CT molecular complexity index is 1030. The van der Waals surface area contributed by atoms with Crippen LogP contribution in [0, 0.1) is 6.92 Å². The number of carbonyl (C=O) groups excluding carboxylic acids is 1. The van der Waals surface area contributed by atoms with Gasteiger partial charge in [0.2, 0.25) is 11.7 Å². The highest BCUT2D eigenvalue weighted by molar-refractivity contribution is 9.10. The van der Waals surface area contributed by atoms with Gasteiger partial charge in [-0.15, -0.1) is 0 Å². The summed E-state index contributed by atoms with van der Waals surface area (Å²) in [6, 6.07) is 13.7. The summed E-state index contributed by atoms with van der Waals surface area (Å²) in [6.45, 7) is 8.18. The molecule has 0 spiro atoms. The monoisotopic (exact) mass is 471 g/mol. The number of rotatable bonds is 7. The van der Waals surface area contributed by atoms with Gasteiger partial charge in [-0.25, -0.2) is 0 Å². The number of aromatic nitrogens is 2. The van der Waals surface area contributed by atoms with Crippen molar-refractivity contribution in [1.29, 1.82) is 0 Å². The fourth-order valence-electron chi connectivity index (χ4n) is 3.12. The maximum Gasteiger partial charge on any atom is 0.263 e. The van der Waals surface area contributed by atoms with Crippen molar-refractivity contribution in [3.05, 3.63) is 64.0 Å². The lowest BCUT2D eigenvalue weighted by atomic mass is 10.0.